The SMILES string of the molecule is Cc1ccc(CN(C(=O)CC(C)(C)C)C2CC(=O)N(c3ccc(-c4nc5ccccc5o4)cc3)C2=O)cc1. The monoisotopic (exact) mass is 509 g/mol. The van der Waals surface area contributed by atoms with Crippen LogP contribution in [-0.2, 0) is 20.9 Å². The summed E-state index contributed by atoms with van der Waals surface area (Å²) in [4.78, 5) is 47.4. The number of rotatable bonds is 6. The first kappa shape index (κ1) is 25.4. The van der Waals surface area contributed by atoms with Gasteiger partial charge in [-0.25, -0.2) is 9.88 Å². The fourth-order valence-electron chi connectivity index (χ4n) is 4.70. The molecular formula is C31H31N3O4. The lowest BCUT2D eigenvalue weighted by atomic mass is 9.91. The van der Waals surface area contributed by atoms with E-state index in [1.54, 1.807) is 29.2 Å². The fourth-order valence-corrected chi connectivity index (χ4v) is 4.70. The van der Waals surface area contributed by atoms with E-state index < -0.39 is 6.04 Å². The number of oxazole rings is 1. The molecule has 1 fully saturated rings. The minimum absolute atomic E-state index is 0.0482. The maximum absolute atomic E-state index is 13.6. The van der Waals surface area contributed by atoms with Crippen LogP contribution in [0, 0.1) is 12.3 Å². The van der Waals surface area contributed by atoms with Crippen molar-refractivity contribution in [3.8, 4) is 11.5 Å². The largest absolute Gasteiger partial charge is 0.436 e. The van der Waals surface area contributed by atoms with Gasteiger partial charge in [0.1, 0.15) is 11.6 Å². The van der Waals surface area contributed by atoms with Gasteiger partial charge in [0, 0.05) is 18.5 Å². The van der Waals surface area contributed by atoms with Crippen LogP contribution < -0.4 is 4.90 Å². The Morgan fingerprint density at radius 2 is 1.68 bits per heavy atom. The van der Waals surface area contributed by atoms with Crippen LogP contribution >= 0.6 is 0 Å². The molecule has 3 amide bonds. The third-order valence-corrected chi connectivity index (χ3v) is 6.64. The van der Waals surface area contributed by atoms with Gasteiger partial charge in [-0.3, -0.25) is 14.4 Å². The maximum atomic E-state index is 13.6. The highest BCUT2D eigenvalue weighted by atomic mass is 16.3. The van der Waals surface area contributed by atoms with E-state index in [0.717, 1.165) is 22.2 Å². The highest BCUT2D eigenvalue weighted by Gasteiger charge is 2.44. The molecule has 1 unspecified atom stereocenters. The molecule has 1 aliphatic rings. The topological polar surface area (TPSA) is 83.7 Å². The van der Waals surface area contributed by atoms with Crippen molar-refractivity contribution in [2.45, 2.75) is 53.1 Å². The zero-order chi connectivity index (χ0) is 27.0. The lowest BCUT2D eigenvalue weighted by molar-refractivity contribution is -0.140. The molecular weight excluding hydrogens is 478 g/mol. The number of anilines is 1. The van der Waals surface area contributed by atoms with Crippen molar-refractivity contribution in [2.24, 2.45) is 5.41 Å². The predicted molar refractivity (Wildman–Crippen MR) is 146 cm³/mol. The number of aryl methyl sites for hydroxylation is 1. The normalized spacial score (nSPS) is 15.9. The zero-order valence-electron chi connectivity index (χ0n) is 22.1. The summed E-state index contributed by atoms with van der Waals surface area (Å²) in [5.74, 6) is -0.393. The second kappa shape index (κ2) is 9.89. The Morgan fingerprint density at radius 1 is 1.00 bits per heavy atom. The molecule has 0 aliphatic carbocycles. The number of fused-ring (bicyclic) bond motifs is 1. The number of carbonyl (C=O) groups excluding carboxylic acids is 3. The van der Waals surface area contributed by atoms with Gasteiger partial charge in [0.15, 0.2) is 5.58 Å². The molecule has 7 heteroatoms. The van der Waals surface area contributed by atoms with Crippen LogP contribution in [0.4, 0.5) is 5.69 Å². The summed E-state index contributed by atoms with van der Waals surface area (Å²) in [6.07, 6.45) is 0.226. The molecule has 1 saturated heterocycles. The summed E-state index contributed by atoms with van der Waals surface area (Å²) in [7, 11) is 0. The fraction of sp³-hybridized carbons (Fsp3) is 0.290. The van der Waals surface area contributed by atoms with Gasteiger partial charge < -0.3 is 9.32 Å². The molecule has 1 aromatic heterocycles. The first-order valence-corrected chi connectivity index (χ1v) is 12.8. The quantitative estimate of drug-likeness (QED) is 0.302. The van der Waals surface area contributed by atoms with Crippen LogP contribution in [0.25, 0.3) is 22.6 Å². The van der Waals surface area contributed by atoms with Crippen molar-refractivity contribution in [3.05, 3.63) is 83.9 Å². The number of imide groups is 1. The minimum atomic E-state index is -0.852. The molecule has 2 heterocycles. The molecule has 1 atom stereocenters. The van der Waals surface area contributed by atoms with Crippen LogP contribution in [0.2, 0.25) is 0 Å². The van der Waals surface area contributed by atoms with Gasteiger partial charge in [0.25, 0.3) is 5.91 Å². The molecule has 3 aromatic carbocycles. The minimum Gasteiger partial charge on any atom is -0.436 e. The Morgan fingerprint density at radius 3 is 2.34 bits per heavy atom. The number of hydrogen-bond donors (Lipinski definition) is 0. The maximum Gasteiger partial charge on any atom is 0.257 e. The van der Waals surface area contributed by atoms with Crippen LogP contribution in [0.5, 0.6) is 0 Å². The molecule has 5 rings (SSSR count). The molecule has 194 valence electrons. The van der Waals surface area contributed by atoms with Gasteiger partial charge in [-0.2, -0.15) is 0 Å². The Labute approximate surface area is 222 Å². The van der Waals surface area contributed by atoms with E-state index in [-0.39, 0.29) is 42.5 Å². The van der Waals surface area contributed by atoms with Crippen LogP contribution in [0.1, 0.15) is 44.7 Å². The second-order valence-corrected chi connectivity index (χ2v) is 11.1. The highest BCUT2D eigenvalue weighted by Crippen LogP contribution is 2.31. The molecule has 0 radical (unpaired) electrons. The van der Waals surface area contributed by atoms with E-state index >= 15 is 0 Å². The molecule has 0 bridgehead atoms. The number of hydrogen-bond acceptors (Lipinski definition) is 5. The number of nitrogens with zero attached hydrogens (tertiary/aromatic N) is 3. The number of para-hydroxylation sites is 2. The lowest BCUT2D eigenvalue weighted by Gasteiger charge is -2.30. The third-order valence-electron chi connectivity index (χ3n) is 6.64. The first-order chi connectivity index (χ1) is 18.1. The summed E-state index contributed by atoms with van der Waals surface area (Å²) in [6.45, 7) is 8.23. The molecule has 38 heavy (non-hydrogen) atoms. The van der Waals surface area contributed by atoms with E-state index in [9.17, 15) is 14.4 Å². The van der Waals surface area contributed by atoms with Crippen LogP contribution in [0.3, 0.4) is 0 Å². The molecule has 0 N–H and O–H groups in total. The third kappa shape index (κ3) is 5.23. The van der Waals surface area contributed by atoms with E-state index in [2.05, 4.69) is 4.98 Å². The average Bonchev–Trinajstić information content (AvgIpc) is 3.43. The highest BCUT2D eigenvalue weighted by molar-refractivity contribution is 6.23. The van der Waals surface area contributed by atoms with Gasteiger partial charge in [-0.05, 0) is 54.3 Å². The van der Waals surface area contributed by atoms with Crippen molar-refractivity contribution in [1.82, 2.24) is 9.88 Å². The lowest BCUT2D eigenvalue weighted by Crippen LogP contribution is -2.46. The Hall–Kier alpha value is -4.26. The van der Waals surface area contributed by atoms with Crippen LogP contribution in [-0.4, -0.2) is 33.6 Å². The van der Waals surface area contributed by atoms with Crippen molar-refractivity contribution in [1.29, 1.82) is 0 Å². The number of aromatic nitrogens is 1. The molecule has 0 spiro atoms. The molecule has 0 saturated carbocycles. The van der Waals surface area contributed by atoms with Gasteiger partial charge in [-0.15, -0.1) is 0 Å². The van der Waals surface area contributed by atoms with Gasteiger partial charge >= 0.3 is 0 Å². The van der Waals surface area contributed by atoms with Gasteiger partial charge in [-0.1, -0.05) is 62.7 Å². The second-order valence-electron chi connectivity index (χ2n) is 11.1. The zero-order valence-corrected chi connectivity index (χ0v) is 22.1. The average molecular weight is 510 g/mol. The summed E-state index contributed by atoms with van der Waals surface area (Å²) >= 11 is 0. The number of carbonyl (C=O) groups is 3. The van der Waals surface area contributed by atoms with E-state index in [0.29, 0.717) is 17.2 Å². The van der Waals surface area contributed by atoms with Crippen molar-refractivity contribution < 1.29 is 18.8 Å². The Kier molecular flexibility index (Phi) is 6.61. The molecule has 4 aromatic rings. The summed E-state index contributed by atoms with van der Waals surface area (Å²) in [5, 5.41) is 0. The predicted octanol–water partition coefficient (Wildman–Crippen LogP) is 5.90. The standard InChI is InChI=1S/C31H31N3O4/c1-20-9-11-21(12-10-20)19-33(28(36)18-31(2,3)4)25-17-27(35)34(30(25)37)23-15-13-22(14-16-23)29-32-24-7-5-6-8-26(24)38-29/h5-16,25H,17-19H2,1-4H3. The van der Waals surface area contributed by atoms with Crippen LogP contribution in [0.15, 0.2) is 77.2 Å². The molecule has 1 aliphatic heterocycles. The van der Waals surface area contributed by atoms with Crippen molar-refractivity contribution in [2.75, 3.05) is 4.90 Å². The first-order valence-electron chi connectivity index (χ1n) is 12.8. The Balaban J connectivity index is 1.40. The van der Waals surface area contributed by atoms with E-state index in [4.69, 9.17) is 4.42 Å². The summed E-state index contributed by atoms with van der Waals surface area (Å²) in [5.41, 5.74) is 4.41. The summed E-state index contributed by atoms with van der Waals surface area (Å²) in [6, 6.07) is 21.5. The van der Waals surface area contributed by atoms with Gasteiger partial charge in [0.2, 0.25) is 17.7 Å². The van der Waals surface area contributed by atoms with Gasteiger partial charge in [0.05, 0.1) is 12.1 Å². The smallest absolute Gasteiger partial charge is 0.257 e. The van der Waals surface area contributed by atoms with Crippen molar-refractivity contribution >= 4 is 34.5 Å². The van der Waals surface area contributed by atoms with Crippen molar-refractivity contribution in [3.63, 3.8) is 0 Å². The van der Waals surface area contributed by atoms with E-state index in [1.807, 2.05) is 76.2 Å². The number of benzene rings is 3. The Bertz CT molecular complexity index is 1460. The number of amides is 3. The molecule has 7 nitrogen and oxygen atoms in total. The van der Waals surface area contributed by atoms with E-state index in [1.165, 1.54) is 4.90 Å². The summed E-state index contributed by atoms with van der Waals surface area (Å²) < 4.78 is 5.84.